The van der Waals surface area contributed by atoms with Crippen molar-refractivity contribution < 1.29 is 14.6 Å². The van der Waals surface area contributed by atoms with Crippen LogP contribution in [0.25, 0.3) is 0 Å². The van der Waals surface area contributed by atoms with Crippen molar-refractivity contribution in [3.63, 3.8) is 0 Å². The zero-order chi connectivity index (χ0) is 20.1. The molecule has 0 aliphatic rings. The number of nitrogens with zero attached hydrogens (tertiary/aromatic N) is 3. The van der Waals surface area contributed by atoms with Gasteiger partial charge in [0.05, 0.1) is 29.2 Å². The predicted octanol–water partition coefficient (Wildman–Crippen LogP) is 4.39. The molecule has 0 aromatic heterocycles. The average Bonchev–Trinajstić information content (AvgIpc) is 2.62. The number of ether oxygens (including phenoxy) is 1. The third-order valence-electron chi connectivity index (χ3n) is 4.02. The summed E-state index contributed by atoms with van der Waals surface area (Å²) in [5, 5.41) is 26.0. The lowest BCUT2D eigenvalue weighted by Gasteiger charge is -2.14. The number of rotatable bonds is 7. The molecular formula is C18H20N4O5. The minimum absolute atomic E-state index is 0.0668. The molecule has 0 heterocycles. The van der Waals surface area contributed by atoms with E-state index in [9.17, 15) is 20.2 Å². The molecule has 0 amide bonds. The second-order valence-corrected chi connectivity index (χ2v) is 6.19. The molecule has 0 saturated carbocycles. The van der Waals surface area contributed by atoms with Crippen molar-refractivity contribution in [2.45, 2.75) is 26.7 Å². The Kier molecular flexibility index (Phi) is 6.07. The molecule has 9 nitrogen and oxygen atoms in total. The third kappa shape index (κ3) is 4.57. The highest BCUT2D eigenvalue weighted by atomic mass is 16.6. The molecule has 0 atom stereocenters. The van der Waals surface area contributed by atoms with Crippen LogP contribution in [0.15, 0.2) is 35.4 Å². The van der Waals surface area contributed by atoms with Crippen molar-refractivity contribution in [3.05, 3.63) is 67.3 Å². The number of aryl methyl sites for hydroxylation is 1. The highest BCUT2D eigenvalue weighted by Crippen LogP contribution is 2.30. The molecule has 0 unspecified atom stereocenters. The van der Waals surface area contributed by atoms with Crippen LogP contribution in [-0.2, 0) is 0 Å². The molecule has 2 rings (SSSR count). The largest absolute Gasteiger partial charge is 0.496 e. The fourth-order valence-corrected chi connectivity index (χ4v) is 2.53. The molecule has 2 aromatic rings. The van der Waals surface area contributed by atoms with Crippen LogP contribution in [0.4, 0.5) is 17.1 Å². The smallest absolute Gasteiger partial charge is 0.301 e. The molecule has 27 heavy (non-hydrogen) atoms. The summed E-state index contributed by atoms with van der Waals surface area (Å²) >= 11 is 0. The Hall–Kier alpha value is -3.49. The van der Waals surface area contributed by atoms with Crippen molar-refractivity contribution in [2.75, 3.05) is 12.5 Å². The van der Waals surface area contributed by atoms with E-state index in [1.807, 2.05) is 32.9 Å². The van der Waals surface area contributed by atoms with Crippen molar-refractivity contribution >= 4 is 23.3 Å². The Bertz CT molecular complexity index is 909. The van der Waals surface area contributed by atoms with Gasteiger partial charge >= 0.3 is 5.69 Å². The SMILES string of the molecule is COc1cc(C)c(/C=N/Nc2ccc([N+](=O)[O-])cc2[N+](=O)[O-])cc1C(C)C. The second kappa shape index (κ2) is 8.26. The molecule has 9 heteroatoms. The molecule has 0 fully saturated rings. The highest BCUT2D eigenvalue weighted by Gasteiger charge is 2.19. The molecule has 1 N–H and O–H groups in total. The van der Waals surface area contributed by atoms with Gasteiger partial charge in [0.1, 0.15) is 11.4 Å². The van der Waals surface area contributed by atoms with Crippen LogP contribution in [0.5, 0.6) is 5.75 Å². The van der Waals surface area contributed by atoms with Crippen LogP contribution in [0.3, 0.4) is 0 Å². The third-order valence-corrected chi connectivity index (χ3v) is 4.02. The van der Waals surface area contributed by atoms with Gasteiger partial charge in [0, 0.05) is 6.07 Å². The first-order chi connectivity index (χ1) is 12.7. The topological polar surface area (TPSA) is 120 Å². The van der Waals surface area contributed by atoms with Gasteiger partial charge in [0.25, 0.3) is 5.69 Å². The summed E-state index contributed by atoms with van der Waals surface area (Å²) in [6.07, 6.45) is 1.55. The number of hydrogen-bond acceptors (Lipinski definition) is 7. The predicted molar refractivity (Wildman–Crippen MR) is 103 cm³/mol. The minimum atomic E-state index is -0.694. The van der Waals surface area contributed by atoms with E-state index in [-0.39, 0.29) is 17.3 Å². The number of hydrazone groups is 1. The number of benzene rings is 2. The van der Waals surface area contributed by atoms with E-state index >= 15 is 0 Å². The van der Waals surface area contributed by atoms with E-state index in [0.29, 0.717) is 0 Å². The Morgan fingerprint density at radius 3 is 2.41 bits per heavy atom. The summed E-state index contributed by atoms with van der Waals surface area (Å²) < 4.78 is 5.40. The highest BCUT2D eigenvalue weighted by molar-refractivity contribution is 5.83. The normalized spacial score (nSPS) is 11.0. The van der Waals surface area contributed by atoms with E-state index in [1.165, 1.54) is 12.1 Å². The maximum Gasteiger partial charge on any atom is 0.301 e. The van der Waals surface area contributed by atoms with Crippen LogP contribution in [0.2, 0.25) is 0 Å². The Balaban J connectivity index is 2.31. The van der Waals surface area contributed by atoms with Crippen LogP contribution in [0, 0.1) is 27.2 Å². The number of hydrogen-bond donors (Lipinski definition) is 1. The van der Waals surface area contributed by atoms with Crippen LogP contribution in [0.1, 0.15) is 36.5 Å². The van der Waals surface area contributed by atoms with E-state index in [1.54, 1.807) is 13.3 Å². The number of nitro groups is 2. The Labute approximate surface area is 156 Å². The molecular weight excluding hydrogens is 352 g/mol. The van der Waals surface area contributed by atoms with Gasteiger partial charge in [-0.15, -0.1) is 0 Å². The first-order valence-corrected chi connectivity index (χ1v) is 8.15. The van der Waals surface area contributed by atoms with Crippen molar-refractivity contribution in [2.24, 2.45) is 5.10 Å². The summed E-state index contributed by atoms with van der Waals surface area (Å²) in [6.45, 7) is 6.00. The van der Waals surface area contributed by atoms with E-state index in [4.69, 9.17) is 4.74 Å². The number of methoxy groups -OCH3 is 1. The van der Waals surface area contributed by atoms with Gasteiger partial charge in [-0.2, -0.15) is 5.10 Å². The number of nitro benzene ring substituents is 2. The maximum atomic E-state index is 11.2. The van der Waals surface area contributed by atoms with Gasteiger partial charge in [0.2, 0.25) is 0 Å². The number of anilines is 1. The molecule has 0 aliphatic heterocycles. The van der Waals surface area contributed by atoms with Crippen LogP contribution in [-0.4, -0.2) is 23.2 Å². The Morgan fingerprint density at radius 1 is 1.15 bits per heavy atom. The molecule has 0 saturated heterocycles. The van der Waals surface area contributed by atoms with Crippen LogP contribution < -0.4 is 10.2 Å². The van der Waals surface area contributed by atoms with Crippen molar-refractivity contribution in [1.82, 2.24) is 0 Å². The molecule has 2 aromatic carbocycles. The summed E-state index contributed by atoms with van der Waals surface area (Å²) in [5.74, 6) is 1.04. The maximum absolute atomic E-state index is 11.2. The van der Waals surface area contributed by atoms with Crippen molar-refractivity contribution in [1.29, 1.82) is 0 Å². The molecule has 0 spiro atoms. The molecule has 0 bridgehead atoms. The fraction of sp³-hybridized carbons (Fsp3) is 0.278. The van der Waals surface area contributed by atoms with Gasteiger partial charge in [0.15, 0.2) is 0 Å². The van der Waals surface area contributed by atoms with Gasteiger partial charge < -0.3 is 4.74 Å². The lowest BCUT2D eigenvalue weighted by molar-refractivity contribution is -0.393. The quantitative estimate of drug-likeness (QED) is 0.437. The number of nitrogens with one attached hydrogen (secondary N) is 1. The first-order valence-electron chi connectivity index (χ1n) is 8.15. The standard InChI is InChI=1S/C18H20N4O5/c1-11(2)15-8-13(12(3)7-18(15)27-4)10-19-20-16-6-5-14(21(23)24)9-17(16)22(25)26/h5-11,20H,1-4H3/b19-10+. The molecule has 142 valence electrons. The van der Waals surface area contributed by atoms with E-state index in [0.717, 1.165) is 28.5 Å². The lowest BCUT2D eigenvalue weighted by Crippen LogP contribution is -2.01. The van der Waals surface area contributed by atoms with E-state index < -0.39 is 15.5 Å². The zero-order valence-corrected chi connectivity index (χ0v) is 15.4. The summed E-state index contributed by atoms with van der Waals surface area (Å²) in [7, 11) is 1.61. The lowest BCUT2D eigenvalue weighted by atomic mass is 9.97. The second-order valence-electron chi connectivity index (χ2n) is 6.19. The monoisotopic (exact) mass is 372 g/mol. The number of non-ortho nitro benzene ring substituents is 1. The van der Waals surface area contributed by atoms with Crippen molar-refractivity contribution in [3.8, 4) is 5.75 Å². The van der Waals surface area contributed by atoms with Gasteiger partial charge in [-0.25, -0.2) is 0 Å². The molecule has 0 radical (unpaired) electrons. The summed E-state index contributed by atoms with van der Waals surface area (Å²) in [6, 6.07) is 7.20. The van der Waals surface area contributed by atoms with E-state index in [2.05, 4.69) is 10.5 Å². The first kappa shape index (κ1) is 19.8. The average molecular weight is 372 g/mol. The minimum Gasteiger partial charge on any atom is -0.496 e. The summed E-state index contributed by atoms with van der Waals surface area (Å²) in [5.41, 5.74) is 4.66. The van der Waals surface area contributed by atoms with Gasteiger partial charge in [-0.3, -0.25) is 25.7 Å². The fourth-order valence-electron chi connectivity index (χ4n) is 2.53. The zero-order valence-electron chi connectivity index (χ0n) is 15.4. The molecule has 0 aliphatic carbocycles. The Morgan fingerprint density at radius 2 is 1.85 bits per heavy atom. The van der Waals surface area contributed by atoms with Crippen LogP contribution >= 0.6 is 0 Å². The summed E-state index contributed by atoms with van der Waals surface area (Å²) in [4.78, 5) is 20.6. The van der Waals surface area contributed by atoms with Gasteiger partial charge in [-0.1, -0.05) is 13.8 Å². The van der Waals surface area contributed by atoms with Gasteiger partial charge in [-0.05, 0) is 47.7 Å².